The molecule has 0 amide bonds. The maximum atomic E-state index is 4.34. The molecule has 2 aliphatic rings. The Bertz CT molecular complexity index is 595. The van der Waals surface area contributed by atoms with E-state index < -0.39 is 0 Å². The first kappa shape index (κ1) is 12.7. The van der Waals surface area contributed by atoms with Crippen LogP contribution in [0, 0.1) is 5.41 Å². The monoisotopic (exact) mass is 281 g/mol. The third-order valence-corrected chi connectivity index (χ3v) is 4.53. The summed E-state index contributed by atoms with van der Waals surface area (Å²) in [5.41, 5.74) is 1.75. The van der Waals surface area contributed by atoms with E-state index in [0.29, 0.717) is 5.41 Å². The van der Waals surface area contributed by atoms with Crippen molar-refractivity contribution in [3.8, 4) is 0 Å². The third kappa shape index (κ3) is 2.49. The molecular formula is C16H19N5. The van der Waals surface area contributed by atoms with Crippen LogP contribution in [0.25, 0.3) is 0 Å². The van der Waals surface area contributed by atoms with E-state index in [9.17, 15) is 0 Å². The number of hydrogen-bond donors (Lipinski definition) is 0. The van der Waals surface area contributed by atoms with E-state index in [4.69, 9.17) is 0 Å². The highest BCUT2D eigenvalue weighted by atomic mass is 15.3. The highest BCUT2D eigenvalue weighted by molar-refractivity contribution is 5.36. The molecular weight excluding hydrogens is 262 g/mol. The van der Waals surface area contributed by atoms with E-state index in [2.05, 4.69) is 30.8 Å². The summed E-state index contributed by atoms with van der Waals surface area (Å²) >= 11 is 0. The van der Waals surface area contributed by atoms with Gasteiger partial charge in [0, 0.05) is 56.4 Å². The molecule has 0 unspecified atom stereocenters. The summed E-state index contributed by atoms with van der Waals surface area (Å²) in [5, 5.41) is 0. The molecule has 5 nitrogen and oxygen atoms in total. The number of likely N-dealkylation sites (tertiary alicyclic amines) is 1. The zero-order valence-corrected chi connectivity index (χ0v) is 12.0. The van der Waals surface area contributed by atoms with Crippen LogP contribution in [-0.2, 0) is 6.54 Å². The summed E-state index contributed by atoms with van der Waals surface area (Å²) < 4.78 is 0. The molecule has 5 heteroatoms. The number of rotatable bonds is 3. The standard InChI is InChI=1S/C16H19N5/c1-3-14(9-17-5-1)10-20-8-4-16(11-20)12-21(13-16)15-18-6-2-7-19-15/h1-3,5-7,9H,4,8,10-13H2. The molecule has 108 valence electrons. The Morgan fingerprint density at radius 1 is 1.05 bits per heavy atom. The van der Waals surface area contributed by atoms with Crippen LogP contribution in [0.5, 0.6) is 0 Å². The lowest BCUT2D eigenvalue weighted by Gasteiger charge is -2.48. The summed E-state index contributed by atoms with van der Waals surface area (Å²) in [6.07, 6.45) is 8.71. The number of hydrogen-bond acceptors (Lipinski definition) is 5. The Kier molecular flexibility index (Phi) is 3.07. The minimum atomic E-state index is 0.446. The first-order valence-corrected chi connectivity index (χ1v) is 7.46. The van der Waals surface area contributed by atoms with Gasteiger partial charge >= 0.3 is 0 Å². The van der Waals surface area contributed by atoms with Gasteiger partial charge in [0.05, 0.1) is 0 Å². The van der Waals surface area contributed by atoms with Crippen molar-refractivity contribution in [2.45, 2.75) is 13.0 Å². The fourth-order valence-corrected chi connectivity index (χ4v) is 3.53. The molecule has 2 saturated heterocycles. The predicted molar refractivity (Wildman–Crippen MR) is 80.8 cm³/mol. The molecule has 21 heavy (non-hydrogen) atoms. The number of anilines is 1. The van der Waals surface area contributed by atoms with E-state index in [-0.39, 0.29) is 0 Å². The van der Waals surface area contributed by atoms with Crippen LogP contribution in [0.2, 0.25) is 0 Å². The molecule has 2 fully saturated rings. The van der Waals surface area contributed by atoms with Gasteiger partial charge in [-0.15, -0.1) is 0 Å². The summed E-state index contributed by atoms with van der Waals surface area (Å²) in [6, 6.07) is 6.03. The zero-order valence-electron chi connectivity index (χ0n) is 12.0. The molecule has 4 rings (SSSR count). The maximum absolute atomic E-state index is 4.34. The highest BCUT2D eigenvalue weighted by Crippen LogP contribution is 2.41. The van der Waals surface area contributed by atoms with Crippen LogP contribution in [-0.4, -0.2) is 46.0 Å². The SMILES string of the molecule is c1cnc(N2CC3(CCN(Cc4cccnc4)C3)C2)nc1. The Hall–Kier alpha value is -2.01. The van der Waals surface area contributed by atoms with Crippen LogP contribution in [0.4, 0.5) is 5.95 Å². The lowest BCUT2D eigenvalue weighted by molar-refractivity contribution is 0.200. The second-order valence-corrected chi connectivity index (χ2v) is 6.23. The molecule has 0 atom stereocenters. The van der Waals surface area contributed by atoms with E-state index in [0.717, 1.165) is 25.6 Å². The second kappa shape index (κ2) is 5.07. The fourth-order valence-electron chi connectivity index (χ4n) is 3.53. The largest absolute Gasteiger partial charge is 0.339 e. The third-order valence-electron chi connectivity index (χ3n) is 4.53. The van der Waals surface area contributed by atoms with Gasteiger partial charge in [0.1, 0.15) is 0 Å². The van der Waals surface area contributed by atoms with E-state index >= 15 is 0 Å². The normalized spacial score (nSPS) is 20.7. The van der Waals surface area contributed by atoms with Gasteiger partial charge in [-0.3, -0.25) is 9.88 Å². The van der Waals surface area contributed by atoms with Crippen molar-refractivity contribution in [3.63, 3.8) is 0 Å². The van der Waals surface area contributed by atoms with Crippen molar-refractivity contribution < 1.29 is 0 Å². The average molecular weight is 281 g/mol. The van der Waals surface area contributed by atoms with Gasteiger partial charge in [0.2, 0.25) is 5.95 Å². The molecule has 0 bridgehead atoms. The Labute approximate surface area is 124 Å². The molecule has 2 aromatic heterocycles. The number of nitrogens with zero attached hydrogens (tertiary/aromatic N) is 5. The van der Waals surface area contributed by atoms with Crippen molar-refractivity contribution >= 4 is 5.95 Å². The van der Waals surface area contributed by atoms with Crippen molar-refractivity contribution in [2.75, 3.05) is 31.1 Å². The Balaban J connectivity index is 1.35. The van der Waals surface area contributed by atoms with Crippen LogP contribution in [0.1, 0.15) is 12.0 Å². The van der Waals surface area contributed by atoms with Gasteiger partial charge in [0.25, 0.3) is 0 Å². The molecule has 0 radical (unpaired) electrons. The topological polar surface area (TPSA) is 45.2 Å². The Morgan fingerprint density at radius 3 is 2.67 bits per heavy atom. The molecule has 2 aromatic rings. The van der Waals surface area contributed by atoms with Crippen molar-refractivity contribution in [2.24, 2.45) is 5.41 Å². The fraction of sp³-hybridized carbons (Fsp3) is 0.438. The van der Waals surface area contributed by atoms with Crippen LogP contribution in [0.15, 0.2) is 43.0 Å². The lowest BCUT2D eigenvalue weighted by atomic mass is 9.79. The maximum Gasteiger partial charge on any atom is 0.225 e. The molecule has 2 aliphatic heterocycles. The average Bonchev–Trinajstić information content (AvgIpc) is 2.92. The zero-order chi connectivity index (χ0) is 14.1. The predicted octanol–water partition coefficient (Wildman–Crippen LogP) is 1.58. The van der Waals surface area contributed by atoms with Crippen LogP contribution >= 0.6 is 0 Å². The van der Waals surface area contributed by atoms with Crippen LogP contribution < -0.4 is 4.90 Å². The number of pyridine rings is 1. The number of aromatic nitrogens is 3. The van der Waals surface area contributed by atoms with Crippen molar-refractivity contribution in [1.82, 2.24) is 19.9 Å². The van der Waals surface area contributed by atoms with Crippen LogP contribution in [0.3, 0.4) is 0 Å². The van der Waals surface area contributed by atoms with E-state index in [1.807, 2.05) is 36.9 Å². The molecule has 0 aromatic carbocycles. The molecule has 0 saturated carbocycles. The molecule has 0 aliphatic carbocycles. The van der Waals surface area contributed by atoms with Gasteiger partial charge in [-0.25, -0.2) is 9.97 Å². The summed E-state index contributed by atoms with van der Waals surface area (Å²) in [6.45, 7) is 5.53. The highest BCUT2D eigenvalue weighted by Gasteiger charge is 2.48. The first-order valence-electron chi connectivity index (χ1n) is 7.46. The smallest absolute Gasteiger partial charge is 0.225 e. The quantitative estimate of drug-likeness (QED) is 0.855. The van der Waals surface area contributed by atoms with Crippen molar-refractivity contribution in [3.05, 3.63) is 48.5 Å². The van der Waals surface area contributed by atoms with E-state index in [1.165, 1.54) is 25.1 Å². The van der Waals surface area contributed by atoms with Gasteiger partial charge < -0.3 is 4.90 Å². The van der Waals surface area contributed by atoms with Gasteiger partial charge in [-0.05, 0) is 30.7 Å². The lowest BCUT2D eigenvalue weighted by Crippen LogP contribution is -2.58. The first-order chi connectivity index (χ1) is 10.3. The summed E-state index contributed by atoms with van der Waals surface area (Å²) in [5.74, 6) is 0.869. The van der Waals surface area contributed by atoms with Gasteiger partial charge in [0.15, 0.2) is 0 Å². The second-order valence-electron chi connectivity index (χ2n) is 6.23. The Morgan fingerprint density at radius 2 is 1.90 bits per heavy atom. The molecule has 0 N–H and O–H groups in total. The minimum absolute atomic E-state index is 0.446. The summed E-state index contributed by atoms with van der Waals surface area (Å²) in [7, 11) is 0. The van der Waals surface area contributed by atoms with Crippen molar-refractivity contribution in [1.29, 1.82) is 0 Å². The minimum Gasteiger partial charge on any atom is -0.339 e. The van der Waals surface area contributed by atoms with Gasteiger partial charge in [-0.2, -0.15) is 0 Å². The molecule has 1 spiro atoms. The van der Waals surface area contributed by atoms with Gasteiger partial charge in [-0.1, -0.05) is 6.07 Å². The summed E-state index contributed by atoms with van der Waals surface area (Å²) in [4.78, 5) is 17.7. The van der Waals surface area contributed by atoms with E-state index in [1.54, 1.807) is 0 Å². The molecule has 4 heterocycles.